The number of carboxylic acid groups (broad SMARTS) is 1. The Balaban J connectivity index is 2.20. The Labute approximate surface area is 204 Å². The number of rotatable bonds is 13. The second-order valence-corrected chi connectivity index (χ2v) is 9.62. The van der Waals surface area contributed by atoms with Gasteiger partial charge >= 0.3 is 5.97 Å². The lowest BCUT2D eigenvalue weighted by molar-refractivity contribution is -0.149. The first-order valence-corrected chi connectivity index (χ1v) is 12.9. The molecule has 0 spiro atoms. The van der Waals surface area contributed by atoms with Crippen LogP contribution in [0, 0.1) is 5.92 Å². The Bertz CT molecular complexity index is 836. The van der Waals surface area contributed by atoms with Crippen LogP contribution >= 0.6 is 11.8 Å². The van der Waals surface area contributed by atoms with Crippen molar-refractivity contribution in [2.75, 3.05) is 18.6 Å². The van der Waals surface area contributed by atoms with Crippen molar-refractivity contribution in [3.63, 3.8) is 0 Å². The van der Waals surface area contributed by atoms with E-state index in [4.69, 9.17) is 5.73 Å². The Morgan fingerprint density at radius 1 is 1.32 bits per heavy atom. The number of thioether (sulfide) groups is 1. The van der Waals surface area contributed by atoms with E-state index in [1.165, 1.54) is 11.2 Å². The van der Waals surface area contributed by atoms with Crippen LogP contribution in [0.5, 0.6) is 0 Å². The highest BCUT2D eigenvalue weighted by atomic mass is 32.2. The lowest BCUT2D eigenvalue weighted by Gasteiger charge is -2.30. The zero-order chi connectivity index (χ0) is 25.3. The summed E-state index contributed by atoms with van der Waals surface area (Å²) in [7, 11) is 0. The number of amides is 3. The number of nitrogens with zero attached hydrogens (tertiary/aromatic N) is 2. The van der Waals surface area contributed by atoms with Crippen LogP contribution in [0.4, 0.5) is 0 Å². The van der Waals surface area contributed by atoms with Gasteiger partial charge in [0.1, 0.15) is 18.1 Å². The number of hydrogen-bond acceptors (Lipinski definition) is 7. The number of carbonyl (C=O) groups excluding carboxylic acids is 3. The summed E-state index contributed by atoms with van der Waals surface area (Å²) >= 11 is 1.58. The third-order valence-electron chi connectivity index (χ3n) is 6.18. The number of aromatic nitrogens is 2. The van der Waals surface area contributed by atoms with Crippen molar-refractivity contribution in [2.45, 2.75) is 70.1 Å². The smallest absolute Gasteiger partial charge is 0.326 e. The maximum absolute atomic E-state index is 13.3. The predicted octanol–water partition coefficient (Wildman–Crippen LogP) is 0.124. The first-order valence-electron chi connectivity index (χ1n) is 11.5. The third-order valence-corrected chi connectivity index (χ3v) is 6.82. The van der Waals surface area contributed by atoms with Gasteiger partial charge in [0, 0.05) is 24.9 Å². The number of aromatic amines is 1. The van der Waals surface area contributed by atoms with E-state index >= 15 is 0 Å². The molecule has 0 saturated carbocycles. The number of H-pyrrole nitrogens is 1. The summed E-state index contributed by atoms with van der Waals surface area (Å²) in [4.78, 5) is 59.0. The van der Waals surface area contributed by atoms with Gasteiger partial charge in [-0.3, -0.25) is 14.4 Å². The molecule has 0 radical (unpaired) electrons. The van der Waals surface area contributed by atoms with E-state index in [0.29, 0.717) is 37.9 Å². The Morgan fingerprint density at radius 3 is 2.65 bits per heavy atom. The molecule has 1 aliphatic heterocycles. The number of nitrogens with two attached hydrogens (primary N) is 1. The van der Waals surface area contributed by atoms with Crippen LogP contribution in [0.25, 0.3) is 0 Å². The molecule has 6 N–H and O–H groups in total. The Morgan fingerprint density at radius 2 is 2.06 bits per heavy atom. The van der Waals surface area contributed by atoms with Gasteiger partial charge in [-0.2, -0.15) is 11.8 Å². The standard InChI is InChI=1S/C22H36N6O5S/c1-4-13(2)18(27-19(29)15(23)7-9-34-3)20(30)26-16(10-14-11-24-12-25-14)21(31)28-8-5-6-17(28)22(32)33/h11-13,15-18H,4-10,23H2,1-3H3,(H,24,25)(H,26,30)(H,27,29)(H,32,33). The van der Waals surface area contributed by atoms with Crippen LogP contribution in [0.3, 0.4) is 0 Å². The van der Waals surface area contributed by atoms with Crippen LogP contribution in [0.2, 0.25) is 0 Å². The van der Waals surface area contributed by atoms with Gasteiger partial charge in [-0.15, -0.1) is 0 Å². The van der Waals surface area contributed by atoms with Crippen molar-refractivity contribution in [3.05, 3.63) is 18.2 Å². The number of carboxylic acids is 1. The molecule has 3 amide bonds. The van der Waals surface area contributed by atoms with E-state index in [2.05, 4.69) is 20.6 Å². The topological polar surface area (TPSA) is 171 Å². The highest BCUT2D eigenvalue weighted by Gasteiger charge is 2.39. The molecular weight excluding hydrogens is 460 g/mol. The molecule has 1 aromatic heterocycles. The number of imidazole rings is 1. The average molecular weight is 497 g/mol. The molecule has 1 aliphatic rings. The fourth-order valence-corrected chi connectivity index (χ4v) is 4.39. The lowest BCUT2D eigenvalue weighted by Crippen LogP contribution is -2.59. The fraction of sp³-hybridized carbons (Fsp3) is 0.682. The van der Waals surface area contributed by atoms with Gasteiger partial charge in [-0.1, -0.05) is 20.3 Å². The predicted molar refractivity (Wildman–Crippen MR) is 129 cm³/mol. The second kappa shape index (κ2) is 13.3. The van der Waals surface area contributed by atoms with E-state index in [0.717, 1.165) is 5.75 Å². The average Bonchev–Trinajstić information content (AvgIpc) is 3.51. The molecule has 0 aromatic carbocycles. The van der Waals surface area contributed by atoms with E-state index in [9.17, 15) is 24.3 Å². The molecule has 5 unspecified atom stereocenters. The van der Waals surface area contributed by atoms with Crippen LogP contribution < -0.4 is 16.4 Å². The summed E-state index contributed by atoms with van der Waals surface area (Å²) in [6.45, 7) is 4.05. The van der Waals surface area contributed by atoms with Crippen LogP contribution in [-0.2, 0) is 25.6 Å². The summed E-state index contributed by atoms with van der Waals surface area (Å²) in [5.74, 6) is -1.96. The highest BCUT2D eigenvalue weighted by molar-refractivity contribution is 7.98. The van der Waals surface area contributed by atoms with Gasteiger partial charge in [0.15, 0.2) is 0 Å². The quantitative estimate of drug-likeness (QED) is 0.256. The van der Waals surface area contributed by atoms with Crippen molar-refractivity contribution in [1.29, 1.82) is 0 Å². The third kappa shape index (κ3) is 7.45. The molecule has 1 saturated heterocycles. The summed E-state index contributed by atoms with van der Waals surface area (Å²) in [5.41, 5.74) is 6.59. The number of aliphatic carboxylic acids is 1. The lowest BCUT2D eigenvalue weighted by atomic mass is 9.97. The Kier molecular flexibility index (Phi) is 10.8. The van der Waals surface area contributed by atoms with Gasteiger partial charge in [-0.25, -0.2) is 9.78 Å². The fourth-order valence-electron chi connectivity index (χ4n) is 3.90. The van der Waals surface area contributed by atoms with Crippen molar-refractivity contribution in [3.8, 4) is 0 Å². The molecular formula is C22H36N6O5S. The van der Waals surface area contributed by atoms with Gasteiger partial charge in [0.2, 0.25) is 17.7 Å². The number of hydrogen-bond donors (Lipinski definition) is 5. The largest absolute Gasteiger partial charge is 0.480 e. The minimum absolute atomic E-state index is 0.113. The number of likely N-dealkylation sites (tertiary alicyclic amines) is 1. The van der Waals surface area contributed by atoms with Crippen molar-refractivity contribution in [1.82, 2.24) is 25.5 Å². The maximum atomic E-state index is 13.3. The van der Waals surface area contributed by atoms with Gasteiger partial charge < -0.3 is 31.4 Å². The van der Waals surface area contributed by atoms with Crippen molar-refractivity contribution in [2.24, 2.45) is 11.7 Å². The zero-order valence-electron chi connectivity index (χ0n) is 20.0. The zero-order valence-corrected chi connectivity index (χ0v) is 20.8. The van der Waals surface area contributed by atoms with Crippen molar-refractivity contribution >= 4 is 35.5 Å². The molecule has 190 valence electrons. The Hall–Kier alpha value is -2.60. The summed E-state index contributed by atoms with van der Waals surface area (Å²) in [5, 5.41) is 15.0. The van der Waals surface area contributed by atoms with Crippen LogP contribution in [0.15, 0.2) is 12.5 Å². The normalized spacial score (nSPS) is 19.2. The van der Waals surface area contributed by atoms with E-state index in [-0.39, 0.29) is 12.3 Å². The molecule has 2 rings (SSSR count). The monoisotopic (exact) mass is 496 g/mol. The summed E-state index contributed by atoms with van der Waals surface area (Å²) in [6.07, 6.45) is 7.09. The number of carbonyl (C=O) groups is 4. The van der Waals surface area contributed by atoms with Crippen LogP contribution in [-0.4, -0.2) is 86.4 Å². The molecule has 12 heteroatoms. The summed E-state index contributed by atoms with van der Waals surface area (Å²) < 4.78 is 0. The van der Waals surface area contributed by atoms with Crippen LogP contribution in [0.1, 0.15) is 45.2 Å². The molecule has 2 heterocycles. The van der Waals surface area contributed by atoms with Gasteiger partial charge in [0.25, 0.3) is 0 Å². The van der Waals surface area contributed by atoms with E-state index < -0.39 is 47.9 Å². The van der Waals surface area contributed by atoms with Crippen molar-refractivity contribution < 1.29 is 24.3 Å². The SMILES string of the molecule is CCC(C)C(NC(=O)C(N)CCSC)C(=O)NC(Cc1cnc[nH]1)C(=O)N1CCCC1C(=O)O. The summed E-state index contributed by atoms with van der Waals surface area (Å²) in [6, 6.07) is -3.56. The van der Waals surface area contributed by atoms with E-state index in [1.54, 1.807) is 18.0 Å². The molecule has 0 aliphatic carbocycles. The molecule has 1 fully saturated rings. The molecule has 1 aromatic rings. The molecule has 0 bridgehead atoms. The minimum atomic E-state index is -1.07. The van der Waals surface area contributed by atoms with Gasteiger partial charge in [-0.05, 0) is 37.2 Å². The number of nitrogens with one attached hydrogen (secondary N) is 3. The first-order chi connectivity index (χ1) is 16.2. The molecule has 5 atom stereocenters. The molecule has 11 nitrogen and oxygen atoms in total. The highest BCUT2D eigenvalue weighted by Crippen LogP contribution is 2.20. The van der Waals surface area contributed by atoms with Gasteiger partial charge in [0.05, 0.1) is 12.4 Å². The first kappa shape index (κ1) is 27.6. The minimum Gasteiger partial charge on any atom is -0.480 e. The second-order valence-electron chi connectivity index (χ2n) is 8.63. The molecule has 34 heavy (non-hydrogen) atoms. The van der Waals surface area contributed by atoms with E-state index in [1.807, 2.05) is 20.1 Å². The maximum Gasteiger partial charge on any atom is 0.326 e.